The highest BCUT2D eigenvalue weighted by Gasteiger charge is 2.23. The van der Waals surface area contributed by atoms with Gasteiger partial charge in [0, 0.05) is 11.7 Å². The lowest BCUT2D eigenvalue weighted by Crippen LogP contribution is -2.56. The molecule has 1 rings (SSSR count). The lowest BCUT2D eigenvalue weighted by atomic mass is 10.0. The van der Waals surface area contributed by atoms with Crippen LogP contribution in [0, 0.1) is 5.92 Å². The number of rotatable bonds is 6. The summed E-state index contributed by atoms with van der Waals surface area (Å²) in [5.41, 5.74) is 5.38. The highest BCUT2D eigenvalue weighted by atomic mass is 32.2. The number of nitrogens with zero attached hydrogens (tertiary/aromatic N) is 2. The lowest BCUT2D eigenvalue weighted by molar-refractivity contribution is -0.444. The van der Waals surface area contributed by atoms with Crippen LogP contribution in [0.3, 0.4) is 0 Å². The Morgan fingerprint density at radius 3 is 2.76 bits per heavy atom. The zero-order valence-corrected chi connectivity index (χ0v) is 11.9. The number of quaternary nitrogens is 1. The third kappa shape index (κ3) is 4.52. The maximum Gasteiger partial charge on any atom is 0.277 e. The number of thioether (sulfide) groups is 1. The van der Waals surface area contributed by atoms with Crippen molar-refractivity contribution in [2.75, 3.05) is 5.75 Å². The summed E-state index contributed by atoms with van der Waals surface area (Å²) in [6, 6.07) is 0.0882. The van der Waals surface area contributed by atoms with Gasteiger partial charge in [0.15, 0.2) is 6.04 Å². The second-order valence-electron chi connectivity index (χ2n) is 4.49. The molecule has 0 fully saturated rings. The Hall–Kier alpha value is -0.810. The SMILES string of the molecule is CCC(C)C([NH3+])c1nnc(SCC=C(C)C)o1. The van der Waals surface area contributed by atoms with Gasteiger partial charge in [0.2, 0.25) is 0 Å². The van der Waals surface area contributed by atoms with Crippen molar-refractivity contribution in [3.63, 3.8) is 0 Å². The molecule has 0 saturated heterocycles. The number of aromatic nitrogens is 2. The van der Waals surface area contributed by atoms with Crippen LogP contribution >= 0.6 is 11.8 Å². The molecule has 1 heterocycles. The molecule has 1 aromatic heterocycles. The lowest BCUT2D eigenvalue weighted by Gasteiger charge is -2.09. The molecule has 96 valence electrons. The Labute approximate surface area is 107 Å². The Balaban J connectivity index is 2.56. The van der Waals surface area contributed by atoms with Crippen LogP contribution in [0.25, 0.3) is 0 Å². The predicted octanol–water partition coefficient (Wildman–Crippen LogP) is 2.46. The second-order valence-corrected chi connectivity index (χ2v) is 5.46. The van der Waals surface area contributed by atoms with Gasteiger partial charge in [0.25, 0.3) is 11.1 Å². The summed E-state index contributed by atoms with van der Waals surface area (Å²) >= 11 is 1.56. The fourth-order valence-corrected chi connectivity index (χ4v) is 2.04. The van der Waals surface area contributed by atoms with Crippen LogP contribution in [0.5, 0.6) is 0 Å². The largest absolute Gasteiger partial charge is 0.410 e. The zero-order chi connectivity index (χ0) is 12.8. The van der Waals surface area contributed by atoms with Crippen molar-refractivity contribution in [1.29, 1.82) is 0 Å². The molecule has 2 atom stereocenters. The van der Waals surface area contributed by atoms with E-state index in [0.29, 0.717) is 17.0 Å². The Bertz CT molecular complexity index is 372. The van der Waals surface area contributed by atoms with Crippen molar-refractivity contribution < 1.29 is 10.2 Å². The molecule has 0 aromatic carbocycles. The van der Waals surface area contributed by atoms with Gasteiger partial charge in [-0.25, -0.2) is 0 Å². The van der Waals surface area contributed by atoms with Gasteiger partial charge in [-0.15, -0.1) is 10.2 Å². The van der Waals surface area contributed by atoms with Crippen molar-refractivity contribution in [3.8, 4) is 0 Å². The maximum atomic E-state index is 5.60. The number of allylic oxidation sites excluding steroid dienone is 1. The van der Waals surface area contributed by atoms with E-state index in [1.54, 1.807) is 11.8 Å². The molecule has 4 nitrogen and oxygen atoms in total. The molecule has 0 aliphatic rings. The van der Waals surface area contributed by atoms with Crippen LogP contribution in [-0.2, 0) is 0 Å². The standard InChI is InChI=1S/C12H21N3OS/c1-5-9(4)10(13)11-14-15-12(16-11)17-7-6-8(2)3/h6,9-10H,5,7,13H2,1-4H3/p+1. The van der Waals surface area contributed by atoms with E-state index in [-0.39, 0.29) is 6.04 Å². The first kappa shape index (κ1) is 14.3. The predicted molar refractivity (Wildman–Crippen MR) is 69.5 cm³/mol. The quantitative estimate of drug-likeness (QED) is 0.627. The zero-order valence-electron chi connectivity index (χ0n) is 11.1. The molecule has 0 radical (unpaired) electrons. The molecule has 0 spiro atoms. The molecule has 17 heavy (non-hydrogen) atoms. The van der Waals surface area contributed by atoms with Crippen LogP contribution in [0.15, 0.2) is 21.3 Å². The van der Waals surface area contributed by atoms with Gasteiger partial charge in [0.05, 0.1) is 0 Å². The Morgan fingerprint density at radius 1 is 1.47 bits per heavy atom. The van der Waals surface area contributed by atoms with Crippen LogP contribution in [-0.4, -0.2) is 16.0 Å². The number of hydrogen-bond acceptors (Lipinski definition) is 4. The van der Waals surface area contributed by atoms with E-state index in [0.717, 1.165) is 12.2 Å². The van der Waals surface area contributed by atoms with Gasteiger partial charge in [-0.1, -0.05) is 37.3 Å². The summed E-state index contributed by atoms with van der Waals surface area (Å²) in [7, 11) is 0. The van der Waals surface area contributed by atoms with Crippen LogP contribution < -0.4 is 5.73 Å². The molecule has 0 aliphatic heterocycles. The van der Waals surface area contributed by atoms with Gasteiger partial charge in [0.1, 0.15) is 0 Å². The van der Waals surface area contributed by atoms with Crippen LogP contribution in [0.2, 0.25) is 0 Å². The van der Waals surface area contributed by atoms with E-state index in [1.807, 2.05) is 0 Å². The summed E-state index contributed by atoms with van der Waals surface area (Å²) in [6.45, 7) is 8.45. The molecule has 0 saturated carbocycles. The van der Waals surface area contributed by atoms with E-state index in [2.05, 4.69) is 49.7 Å². The molecular weight excluding hydrogens is 234 g/mol. The first-order chi connectivity index (χ1) is 8.04. The molecule has 5 heteroatoms. The minimum absolute atomic E-state index is 0.0882. The van der Waals surface area contributed by atoms with E-state index in [4.69, 9.17) is 4.42 Å². The first-order valence-electron chi connectivity index (χ1n) is 5.97. The van der Waals surface area contributed by atoms with Crippen LogP contribution in [0.1, 0.15) is 46.0 Å². The highest BCUT2D eigenvalue weighted by Crippen LogP contribution is 2.23. The maximum absolute atomic E-state index is 5.60. The second kappa shape index (κ2) is 6.81. The minimum Gasteiger partial charge on any atom is -0.410 e. The molecule has 0 aliphatic carbocycles. The van der Waals surface area contributed by atoms with Crippen molar-refractivity contribution >= 4 is 11.8 Å². The smallest absolute Gasteiger partial charge is 0.277 e. The van der Waals surface area contributed by atoms with Gasteiger partial charge in [-0.3, -0.25) is 0 Å². The number of hydrogen-bond donors (Lipinski definition) is 1. The first-order valence-corrected chi connectivity index (χ1v) is 6.95. The average Bonchev–Trinajstić information content (AvgIpc) is 2.75. The van der Waals surface area contributed by atoms with E-state index < -0.39 is 0 Å². The van der Waals surface area contributed by atoms with E-state index >= 15 is 0 Å². The molecule has 0 bridgehead atoms. The monoisotopic (exact) mass is 256 g/mol. The van der Waals surface area contributed by atoms with Crippen molar-refractivity contribution in [2.24, 2.45) is 5.92 Å². The molecule has 1 aromatic rings. The fourth-order valence-electron chi connectivity index (χ4n) is 1.24. The third-order valence-electron chi connectivity index (χ3n) is 2.77. The molecule has 0 amide bonds. The Morgan fingerprint density at radius 2 is 2.18 bits per heavy atom. The molecule has 2 unspecified atom stereocenters. The van der Waals surface area contributed by atoms with Crippen molar-refractivity contribution in [1.82, 2.24) is 10.2 Å². The van der Waals surface area contributed by atoms with Gasteiger partial charge in [-0.2, -0.15) is 0 Å². The summed E-state index contributed by atoms with van der Waals surface area (Å²) in [5.74, 6) is 1.99. The average molecular weight is 256 g/mol. The van der Waals surface area contributed by atoms with Gasteiger partial charge < -0.3 is 10.2 Å². The summed E-state index contributed by atoms with van der Waals surface area (Å²) in [5, 5.41) is 8.72. The van der Waals surface area contributed by atoms with Crippen LogP contribution in [0.4, 0.5) is 0 Å². The fraction of sp³-hybridized carbons (Fsp3) is 0.667. The van der Waals surface area contributed by atoms with Crippen molar-refractivity contribution in [2.45, 2.75) is 45.4 Å². The third-order valence-corrected chi connectivity index (χ3v) is 3.51. The summed E-state index contributed by atoms with van der Waals surface area (Å²) in [6.07, 6.45) is 3.21. The Kier molecular flexibility index (Phi) is 5.71. The molecule has 3 N–H and O–H groups in total. The van der Waals surface area contributed by atoms with Gasteiger partial charge >= 0.3 is 0 Å². The highest BCUT2D eigenvalue weighted by molar-refractivity contribution is 7.99. The molecular formula is C12H22N3OS+. The van der Waals surface area contributed by atoms with Gasteiger partial charge in [-0.05, 0) is 20.3 Å². The normalized spacial score (nSPS) is 14.4. The summed E-state index contributed by atoms with van der Waals surface area (Å²) < 4.78 is 5.60. The van der Waals surface area contributed by atoms with E-state index in [9.17, 15) is 0 Å². The van der Waals surface area contributed by atoms with Crippen molar-refractivity contribution in [3.05, 3.63) is 17.5 Å². The minimum atomic E-state index is 0.0882. The summed E-state index contributed by atoms with van der Waals surface area (Å²) in [4.78, 5) is 0. The topological polar surface area (TPSA) is 66.6 Å². The van der Waals surface area contributed by atoms with E-state index in [1.165, 1.54) is 5.57 Å².